The molecular formula is C84H106Cl2F9N13O8. The molecule has 7 N–H and O–H groups in total. The Labute approximate surface area is 683 Å². The fraction of sp³-hybridized carbons (Fsp3) is 0.583. The van der Waals surface area contributed by atoms with Crippen LogP contribution in [0.4, 0.5) is 66.2 Å². The molecule has 0 radical (unpaired) electrons. The third-order valence-corrected chi connectivity index (χ3v) is 22.2. The molecule has 6 aromatic rings. The summed E-state index contributed by atoms with van der Waals surface area (Å²) in [4.78, 5) is 79.4. The first-order valence-electron chi connectivity index (χ1n) is 39.2. The van der Waals surface area contributed by atoms with Crippen LogP contribution in [0.5, 0.6) is 0 Å². The summed E-state index contributed by atoms with van der Waals surface area (Å²) in [6.07, 6.45) is 3.75. The van der Waals surface area contributed by atoms with E-state index in [0.717, 1.165) is 70.6 Å². The summed E-state index contributed by atoms with van der Waals surface area (Å²) in [7, 11) is 0. The topological polar surface area (TPSA) is 320 Å². The first-order valence-corrected chi connectivity index (χ1v) is 39.2. The first kappa shape index (κ1) is 94.1. The standard InChI is InChI=1S/C30H37F3N4O3.C25H29F3N4O.C16H15F3N4.C13H23NO4.2ClH/c1-28(2,3)40-27(39)36-29(11-5-4-6-12-29)16-23(38)15-20-14-22(30(31,32)33)19-37(18-20)25-10-9-21(17-34)26-24(25)8-7-13-35-26;26-25(27,28)19-11-17(12-20(33)13-24(30)8-2-1-3-9-24)15-32(16-19)22-7-6-18(14-29)23-21(22)5-4-10-31-23;17-16(18,19)11-6-12(21)9-23(8-11)14-4-3-10(7-20)15-13(14)2-1-5-22-15;1-12(2,3)18-11(17)14-13(9-10(15)16)7-5-4-6-8-13;;/h7-10,13,20,22H,4-6,11-12,14-16,18-19H2,1-3H3,(H,36,39);4-7,10,17,19H,1-3,8-9,11-13,15-16,30H2;1-5,11-12H,6,8-9,21H2;4-9H2,1-3H3,(H,14,17)(H,15,16);2*1H. The van der Waals surface area contributed by atoms with Crippen molar-refractivity contribution in [1.29, 1.82) is 15.8 Å². The number of nitriles is 3. The number of nitrogens with two attached hydrogens (primary N) is 2. The Hall–Kier alpha value is -9.02. The quantitative estimate of drug-likeness (QED) is 0.0596. The molecule has 2 amide bonds. The van der Waals surface area contributed by atoms with Gasteiger partial charge in [-0.2, -0.15) is 55.3 Å². The monoisotopic (exact) mass is 1670 g/mol. The highest BCUT2D eigenvalue weighted by Crippen LogP contribution is 2.45. The lowest BCUT2D eigenvalue weighted by Gasteiger charge is -2.41. The molecule has 632 valence electrons. The normalized spacial score (nSPS) is 21.4. The summed E-state index contributed by atoms with van der Waals surface area (Å²) < 4.78 is 134. The number of alkyl carbamates (subject to hydrolysis) is 2. The first-order chi connectivity index (χ1) is 53.6. The summed E-state index contributed by atoms with van der Waals surface area (Å²) in [6.45, 7) is 11.1. The van der Waals surface area contributed by atoms with Gasteiger partial charge in [-0.05, 0) is 184 Å². The molecule has 3 aliphatic carbocycles. The number of carboxylic acid groups (broad SMARTS) is 1. The van der Waals surface area contributed by atoms with Gasteiger partial charge in [-0.3, -0.25) is 29.3 Å². The average Bonchev–Trinajstić information content (AvgIpc) is 0.785. The van der Waals surface area contributed by atoms with Gasteiger partial charge in [0.25, 0.3) is 0 Å². The number of piperidine rings is 3. The highest BCUT2D eigenvalue weighted by atomic mass is 35.5. The average molecular weight is 1670 g/mol. The molecule has 12 rings (SSSR count). The Morgan fingerprint density at radius 3 is 1.12 bits per heavy atom. The van der Waals surface area contributed by atoms with Crippen molar-refractivity contribution in [3.05, 3.63) is 108 Å². The molecule has 3 aromatic heterocycles. The minimum Gasteiger partial charge on any atom is -0.481 e. The number of amides is 2. The number of aliphatic carboxylic acids is 1. The zero-order valence-corrected chi connectivity index (χ0v) is 68.0. The minimum absolute atomic E-state index is 0. The lowest BCUT2D eigenvalue weighted by molar-refractivity contribution is -0.180. The molecule has 6 heterocycles. The van der Waals surface area contributed by atoms with E-state index in [1.165, 1.54) is 0 Å². The lowest BCUT2D eigenvalue weighted by atomic mass is 9.76. The lowest BCUT2D eigenvalue weighted by Crippen LogP contribution is -2.52. The Morgan fingerprint density at radius 2 is 0.793 bits per heavy atom. The number of carbonyl (C=O) groups excluding carboxylic acids is 4. The molecule has 3 aliphatic heterocycles. The second-order valence-electron chi connectivity index (χ2n) is 33.8. The summed E-state index contributed by atoms with van der Waals surface area (Å²) in [5, 5.41) is 44.6. The van der Waals surface area contributed by atoms with Crippen molar-refractivity contribution in [1.82, 2.24) is 25.6 Å². The molecular weight excluding hydrogens is 1560 g/mol. The largest absolute Gasteiger partial charge is 0.481 e. The van der Waals surface area contributed by atoms with Crippen LogP contribution < -0.4 is 36.8 Å². The summed E-state index contributed by atoms with van der Waals surface area (Å²) in [6, 6.07) is 25.9. The molecule has 3 saturated heterocycles. The van der Waals surface area contributed by atoms with E-state index in [-0.39, 0.29) is 114 Å². The van der Waals surface area contributed by atoms with E-state index in [0.29, 0.717) is 105 Å². The van der Waals surface area contributed by atoms with Crippen molar-refractivity contribution in [2.24, 2.45) is 41.1 Å². The van der Waals surface area contributed by atoms with Crippen molar-refractivity contribution >= 4 is 104 Å². The number of anilines is 3. The number of nitrogens with one attached hydrogen (secondary N) is 2. The maximum absolute atomic E-state index is 14.1. The predicted octanol–water partition coefficient (Wildman–Crippen LogP) is 18.2. The number of benzene rings is 3. The van der Waals surface area contributed by atoms with Crippen LogP contribution in [0.2, 0.25) is 0 Å². The number of hydrogen-bond acceptors (Lipinski definition) is 18. The number of halogens is 11. The second-order valence-corrected chi connectivity index (χ2v) is 33.8. The number of rotatable bonds is 15. The van der Waals surface area contributed by atoms with Crippen molar-refractivity contribution in [2.45, 2.75) is 242 Å². The molecule has 0 spiro atoms. The number of hydrogen-bond donors (Lipinski definition) is 5. The van der Waals surface area contributed by atoms with Gasteiger partial charge in [-0.25, -0.2) is 9.59 Å². The van der Waals surface area contributed by atoms with Gasteiger partial charge in [0.05, 0.1) is 68.5 Å². The van der Waals surface area contributed by atoms with Crippen LogP contribution in [0.25, 0.3) is 32.7 Å². The number of carbonyl (C=O) groups is 5. The minimum atomic E-state index is -4.41. The maximum atomic E-state index is 14.1. The van der Waals surface area contributed by atoms with Crippen LogP contribution in [-0.4, -0.2) is 141 Å². The number of aromatic nitrogens is 3. The Balaban J connectivity index is 0.000000221. The predicted molar refractivity (Wildman–Crippen MR) is 429 cm³/mol. The number of fused-ring (bicyclic) bond motifs is 3. The number of alkyl halides is 9. The van der Waals surface area contributed by atoms with Crippen molar-refractivity contribution in [2.75, 3.05) is 54.0 Å². The van der Waals surface area contributed by atoms with E-state index in [1.54, 1.807) is 148 Å². The third-order valence-electron chi connectivity index (χ3n) is 22.2. The van der Waals surface area contributed by atoms with Crippen LogP contribution >= 0.6 is 24.8 Å². The number of Topliss-reactive ketones (excluding diaryl/α,β-unsaturated/α-hetero) is 2. The smallest absolute Gasteiger partial charge is 0.408 e. The summed E-state index contributed by atoms with van der Waals surface area (Å²) in [5.74, 6) is -6.57. The summed E-state index contributed by atoms with van der Waals surface area (Å²) in [5.41, 5.74) is 13.5. The van der Waals surface area contributed by atoms with Gasteiger partial charge in [0.2, 0.25) is 0 Å². The van der Waals surface area contributed by atoms with Crippen LogP contribution in [0.1, 0.15) is 206 Å². The Bertz CT molecular complexity index is 4500. The molecule has 6 atom stereocenters. The van der Waals surface area contributed by atoms with Crippen molar-refractivity contribution < 1.29 is 78.1 Å². The third kappa shape index (κ3) is 26.2. The van der Waals surface area contributed by atoms with E-state index >= 15 is 0 Å². The van der Waals surface area contributed by atoms with Gasteiger partial charge in [0.15, 0.2) is 0 Å². The van der Waals surface area contributed by atoms with E-state index < -0.39 is 100 Å². The molecule has 116 heavy (non-hydrogen) atoms. The number of pyridine rings is 3. The van der Waals surface area contributed by atoms with E-state index in [2.05, 4.69) is 43.8 Å². The van der Waals surface area contributed by atoms with E-state index in [9.17, 15) is 74.0 Å². The highest BCUT2D eigenvalue weighted by Gasteiger charge is 2.49. The highest BCUT2D eigenvalue weighted by molar-refractivity contribution is 5.97. The van der Waals surface area contributed by atoms with Crippen molar-refractivity contribution in [3.63, 3.8) is 0 Å². The molecule has 3 saturated carbocycles. The summed E-state index contributed by atoms with van der Waals surface area (Å²) >= 11 is 0. The van der Waals surface area contributed by atoms with E-state index in [1.807, 2.05) is 0 Å². The molecule has 0 bridgehead atoms. The second kappa shape index (κ2) is 40.0. The van der Waals surface area contributed by atoms with Crippen LogP contribution in [0.15, 0.2) is 91.4 Å². The zero-order chi connectivity index (χ0) is 83.2. The van der Waals surface area contributed by atoms with Crippen molar-refractivity contribution in [3.8, 4) is 18.2 Å². The van der Waals surface area contributed by atoms with Gasteiger partial charge in [-0.15, -0.1) is 24.8 Å². The Morgan fingerprint density at radius 1 is 0.474 bits per heavy atom. The van der Waals surface area contributed by atoms with Gasteiger partial charge in [0.1, 0.15) is 41.0 Å². The number of nitrogens with zero attached hydrogens (tertiary/aromatic N) is 9. The van der Waals surface area contributed by atoms with Crippen LogP contribution in [-0.2, 0) is 23.9 Å². The zero-order valence-electron chi connectivity index (χ0n) is 66.3. The number of ether oxygens (including phenoxy) is 2. The van der Waals surface area contributed by atoms with Gasteiger partial charge < -0.3 is 51.4 Å². The fourth-order valence-corrected chi connectivity index (χ4v) is 17.2. The fourth-order valence-electron chi connectivity index (χ4n) is 17.2. The van der Waals surface area contributed by atoms with Gasteiger partial charge in [0, 0.05) is 128 Å². The van der Waals surface area contributed by atoms with E-state index in [4.69, 9.17) is 31.3 Å². The molecule has 6 fully saturated rings. The SMILES string of the molecule is CC(C)(C)OC(=O)NC1(CC(=O)CC2CC(C(F)(F)F)CN(c3ccc(C#N)c4ncccc34)C2)CCCCC1.CC(C)(C)OC(=O)NC1(CC(=O)O)CCCCC1.Cl.Cl.N#Cc1ccc(N2CC(CC(=O)CC3(N)CCCCC3)CC(C(F)(F)F)C2)c2cccnc12.N#Cc1ccc(N2CC(N)CC(C(F)(F)F)C2)c2cccnc12. The molecule has 32 heteroatoms. The number of ketones is 2. The maximum Gasteiger partial charge on any atom is 0.408 e. The van der Waals surface area contributed by atoms with Crippen LogP contribution in [0, 0.1) is 63.6 Å². The van der Waals surface area contributed by atoms with Crippen LogP contribution in [0.3, 0.4) is 0 Å². The Kier molecular flexibility index (Phi) is 32.4. The molecule has 6 unspecified atom stereocenters. The van der Waals surface area contributed by atoms with Gasteiger partial charge >= 0.3 is 36.7 Å². The molecule has 3 aromatic carbocycles. The molecule has 6 aliphatic rings. The molecule has 21 nitrogen and oxygen atoms in total. The van der Waals surface area contributed by atoms with Gasteiger partial charge in [-0.1, -0.05) is 57.8 Å². The number of carboxylic acids is 1.